The Hall–Kier alpha value is -1.12. The topological polar surface area (TPSA) is 47.6 Å². The first-order valence-electron chi connectivity index (χ1n) is 6.67. The Morgan fingerprint density at radius 3 is 2.36 bits per heavy atom. The minimum absolute atomic E-state index is 0.0448. The van der Waals surface area contributed by atoms with Gasteiger partial charge in [-0.1, -0.05) is 0 Å². The van der Waals surface area contributed by atoms with Crippen LogP contribution in [0.2, 0.25) is 0 Å². The fourth-order valence-electron chi connectivity index (χ4n) is 1.68. The van der Waals surface area contributed by atoms with Gasteiger partial charge >= 0.3 is 6.18 Å². The molecule has 0 spiro atoms. The van der Waals surface area contributed by atoms with Crippen molar-refractivity contribution in [3.63, 3.8) is 0 Å². The van der Waals surface area contributed by atoms with E-state index in [0.29, 0.717) is 13.2 Å². The van der Waals surface area contributed by atoms with E-state index in [-0.39, 0.29) is 16.6 Å². The van der Waals surface area contributed by atoms with E-state index < -0.39 is 23.9 Å². The zero-order chi connectivity index (χ0) is 16.8. The standard InChI is InChI=1S/C14H17BrF3NO3/c1-3-21-12(22-4-2)8-19-13(20)10-7-9(14(16,17)18)5-6-11(10)15/h5-7,12H,3-4,8H2,1-2H3,(H,19,20). The van der Waals surface area contributed by atoms with E-state index in [1.54, 1.807) is 13.8 Å². The summed E-state index contributed by atoms with van der Waals surface area (Å²) >= 11 is 3.08. The molecular formula is C14H17BrF3NO3. The highest BCUT2D eigenvalue weighted by atomic mass is 79.9. The summed E-state index contributed by atoms with van der Waals surface area (Å²) < 4.78 is 48.8. The van der Waals surface area contributed by atoms with Crippen LogP contribution >= 0.6 is 15.9 Å². The number of hydrogen-bond donors (Lipinski definition) is 1. The van der Waals surface area contributed by atoms with Crippen LogP contribution in [0.5, 0.6) is 0 Å². The molecule has 124 valence electrons. The summed E-state index contributed by atoms with van der Waals surface area (Å²) in [6.07, 6.45) is -5.14. The Balaban J connectivity index is 2.80. The molecule has 1 aromatic carbocycles. The molecule has 0 heterocycles. The normalized spacial score (nSPS) is 11.8. The summed E-state index contributed by atoms with van der Waals surface area (Å²) in [5.41, 5.74) is -0.978. The number of nitrogens with one attached hydrogen (secondary N) is 1. The molecule has 0 bridgehead atoms. The van der Waals surface area contributed by atoms with Crippen molar-refractivity contribution in [2.24, 2.45) is 0 Å². The van der Waals surface area contributed by atoms with E-state index in [2.05, 4.69) is 21.2 Å². The highest BCUT2D eigenvalue weighted by Crippen LogP contribution is 2.31. The minimum atomic E-state index is -4.51. The summed E-state index contributed by atoms with van der Waals surface area (Å²) in [4.78, 5) is 12.0. The van der Waals surface area contributed by atoms with Crippen molar-refractivity contribution >= 4 is 21.8 Å². The molecule has 0 saturated carbocycles. The predicted octanol–water partition coefficient (Wildman–Crippen LogP) is 3.60. The molecule has 0 aliphatic heterocycles. The van der Waals surface area contributed by atoms with Crippen LogP contribution in [0, 0.1) is 0 Å². The lowest BCUT2D eigenvalue weighted by Crippen LogP contribution is -2.35. The largest absolute Gasteiger partial charge is 0.416 e. The molecule has 4 nitrogen and oxygen atoms in total. The fourth-order valence-corrected chi connectivity index (χ4v) is 2.11. The fraction of sp³-hybridized carbons (Fsp3) is 0.500. The van der Waals surface area contributed by atoms with Gasteiger partial charge in [0.1, 0.15) is 0 Å². The molecule has 1 N–H and O–H groups in total. The van der Waals surface area contributed by atoms with Gasteiger partial charge in [-0.15, -0.1) is 0 Å². The Morgan fingerprint density at radius 2 is 1.86 bits per heavy atom. The monoisotopic (exact) mass is 383 g/mol. The van der Waals surface area contributed by atoms with E-state index in [9.17, 15) is 18.0 Å². The molecule has 0 saturated heterocycles. The van der Waals surface area contributed by atoms with Crippen LogP contribution in [0.1, 0.15) is 29.8 Å². The van der Waals surface area contributed by atoms with E-state index >= 15 is 0 Å². The van der Waals surface area contributed by atoms with E-state index in [0.717, 1.165) is 12.1 Å². The van der Waals surface area contributed by atoms with Gasteiger partial charge in [0, 0.05) is 17.7 Å². The molecule has 0 aliphatic rings. The van der Waals surface area contributed by atoms with E-state index in [4.69, 9.17) is 9.47 Å². The van der Waals surface area contributed by atoms with Gasteiger partial charge < -0.3 is 14.8 Å². The number of hydrogen-bond acceptors (Lipinski definition) is 3. The molecule has 8 heteroatoms. The first-order valence-corrected chi connectivity index (χ1v) is 7.47. The molecule has 0 aliphatic carbocycles. The summed E-state index contributed by atoms with van der Waals surface area (Å²) in [6.45, 7) is 4.39. The van der Waals surface area contributed by atoms with Crippen LogP contribution in [0.25, 0.3) is 0 Å². The first-order chi connectivity index (χ1) is 10.3. The van der Waals surface area contributed by atoms with Gasteiger partial charge in [-0.05, 0) is 48.0 Å². The van der Waals surface area contributed by atoms with E-state index in [1.807, 2.05) is 0 Å². The molecular weight excluding hydrogens is 367 g/mol. The number of benzene rings is 1. The molecule has 0 aromatic heterocycles. The number of ether oxygens (including phenoxy) is 2. The van der Waals surface area contributed by atoms with Crippen LogP contribution in [0.3, 0.4) is 0 Å². The third kappa shape index (κ3) is 5.58. The first kappa shape index (κ1) is 18.9. The van der Waals surface area contributed by atoms with E-state index in [1.165, 1.54) is 6.07 Å². The highest BCUT2D eigenvalue weighted by molar-refractivity contribution is 9.10. The summed E-state index contributed by atoms with van der Waals surface area (Å²) in [5.74, 6) is -0.637. The Kier molecular flexibility index (Phi) is 7.31. The lowest BCUT2D eigenvalue weighted by Gasteiger charge is -2.18. The van der Waals surface area contributed by atoms with Crippen molar-refractivity contribution in [1.29, 1.82) is 0 Å². The Labute approximate surface area is 135 Å². The van der Waals surface area contributed by atoms with Gasteiger partial charge in [0.05, 0.1) is 17.7 Å². The number of halogens is 4. The van der Waals surface area contributed by atoms with Crippen LogP contribution < -0.4 is 5.32 Å². The van der Waals surface area contributed by atoms with Crippen LogP contribution in [0.4, 0.5) is 13.2 Å². The number of carbonyl (C=O) groups excluding carboxylic acids is 1. The zero-order valence-electron chi connectivity index (χ0n) is 12.2. The Morgan fingerprint density at radius 1 is 1.27 bits per heavy atom. The molecule has 0 atom stereocenters. The predicted molar refractivity (Wildman–Crippen MR) is 78.5 cm³/mol. The third-order valence-corrected chi connectivity index (χ3v) is 3.36. The maximum atomic E-state index is 12.7. The average Bonchev–Trinajstić information content (AvgIpc) is 2.44. The molecule has 0 unspecified atom stereocenters. The van der Waals surface area contributed by atoms with Crippen molar-refractivity contribution < 1.29 is 27.4 Å². The van der Waals surface area contributed by atoms with Gasteiger partial charge in [0.25, 0.3) is 5.91 Å². The smallest absolute Gasteiger partial charge is 0.351 e. The van der Waals surface area contributed by atoms with Crippen molar-refractivity contribution in [2.75, 3.05) is 19.8 Å². The second kappa shape index (κ2) is 8.50. The SMILES string of the molecule is CCOC(CNC(=O)c1cc(C(F)(F)F)ccc1Br)OCC. The lowest BCUT2D eigenvalue weighted by atomic mass is 10.1. The van der Waals surface area contributed by atoms with Crippen molar-refractivity contribution in [3.8, 4) is 0 Å². The van der Waals surface area contributed by atoms with Gasteiger partial charge in [0.15, 0.2) is 6.29 Å². The second-order valence-corrected chi connectivity index (χ2v) is 5.10. The molecule has 1 amide bonds. The van der Waals surface area contributed by atoms with Gasteiger partial charge in [0.2, 0.25) is 0 Å². The van der Waals surface area contributed by atoms with Gasteiger partial charge in [-0.2, -0.15) is 13.2 Å². The van der Waals surface area contributed by atoms with Crippen LogP contribution in [-0.4, -0.2) is 32.0 Å². The average molecular weight is 384 g/mol. The molecule has 22 heavy (non-hydrogen) atoms. The highest BCUT2D eigenvalue weighted by Gasteiger charge is 2.31. The van der Waals surface area contributed by atoms with Crippen molar-refractivity contribution in [2.45, 2.75) is 26.3 Å². The molecule has 1 rings (SSSR count). The quantitative estimate of drug-likeness (QED) is 0.731. The number of rotatable bonds is 7. The summed E-state index contributed by atoms with van der Waals surface area (Å²) in [7, 11) is 0. The number of alkyl halides is 3. The Bertz CT molecular complexity index is 503. The van der Waals surface area contributed by atoms with Gasteiger partial charge in [-0.3, -0.25) is 4.79 Å². The van der Waals surface area contributed by atoms with Gasteiger partial charge in [-0.25, -0.2) is 0 Å². The number of carbonyl (C=O) groups is 1. The van der Waals surface area contributed by atoms with Crippen LogP contribution in [0.15, 0.2) is 22.7 Å². The maximum absolute atomic E-state index is 12.7. The van der Waals surface area contributed by atoms with Crippen molar-refractivity contribution in [3.05, 3.63) is 33.8 Å². The maximum Gasteiger partial charge on any atom is 0.416 e. The summed E-state index contributed by atoms with van der Waals surface area (Å²) in [6, 6.07) is 2.90. The van der Waals surface area contributed by atoms with Crippen LogP contribution in [-0.2, 0) is 15.7 Å². The minimum Gasteiger partial charge on any atom is -0.351 e. The molecule has 0 radical (unpaired) electrons. The summed E-state index contributed by atoms with van der Waals surface area (Å²) in [5, 5.41) is 2.50. The van der Waals surface area contributed by atoms with Crippen molar-refractivity contribution in [1.82, 2.24) is 5.32 Å². The lowest BCUT2D eigenvalue weighted by molar-refractivity contribution is -0.137. The molecule has 0 fully saturated rings. The second-order valence-electron chi connectivity index (χ2n) is 4.24. The third-order valence-electron chi connectivity index (χ3n) is 2.67. The zero-order valence-corrected chi connectivity index (χ0v) is 13.8. The molecule has 1 aromatic rings. The number of amides is 1.